The Balaban J connectivity index is 1.90. The van der Waals surface area contributed by atoms with Crippen LogP contribution in [0.4, 0.5) is 5.82 Å². The summed E-state index contributed by atoms with van der Waals surface area (Å²) in [6.07, 6.45) is 9.01. The van der Waals surface area contributed by atoms with Crippen LogP contribution in [0.15, 0.2) is 18.5 Å². The molecule has 1 aliphatic carbocycles. The van der Waals surface area contributed by atoms with Gasteiger partial charge in [-0.3, -0.25) is 0 Å². The van der Waals surface area contributed by atoms with E-state index in [-0.39, 0.29) is 0 Å². The van der Waals surface area contributed by atoms with Gasteiger partial charge in [-0.2, -0.15) is 5.10 Å². The summed E-state index contributed by atoms with van der Waals surface area (Å²) in [6, 6.07) is 2.70. The molecule has 0 amide bonds. The molecule has 1 fully saturated rings. The average Bonchev–Trinajstić information content (AvgIpc) is 2.86. The van der Waals surface area contributed by atoms with Gasteiger partial charge in [0.15, 0.2) is 5.82 Å². The molecule has 2 atom stereocenters. The lowest BCUT2D eigenvalue weighted by Crippen LogP contribution is -2.30. The van der Waals surface area contributed by atoms with Crippen LogP contribution >= 0.6 is 0 Å². The number of nitrogens with one attached hydrogen (secondary N) is 1. The van der Waals surface area contributed by atoms with E-state index >= 15 is 0 Å². The largest absolute Gasteiger partial charge is 0.365 e. The highest BCUT2D eigenvalue weighted by Gasteiger charge is 2.22. The van der Waals surface area contributed by atoms with E-state index in [1.54, 1.807) is 0 Å². The third-order valence-electron chi connectivity index (χ3n) is 4.43. The Hall–Kier alpha value is -1.58. The zero-order valence-corrected chi connectivity index (χ0v) is 12.6. The van der Waals surface area contributed by atoms with Crippen LogP contribution in [0.25, 0.3) is 5.52 Å². The molecule has 108 valence electrons. The minimum atomic E-state index is 0.441. The Labute approximate surface area is 120 Å². The van der Waals surface area contributed by atoms with Crippen molar-refractivity contribution in [1.29, 1.82) is 0 Å². The number of hydrogen-bond donors (Lipinski definition) is 1. The number of hydrogen-bond acceptors (Lipinski definition) is 3. The predicted octanol–water partition coefficient (Wildman–Crippen LogP) is 3.84. The normalized spacial score (nSPS) is 23.4. The molecule has 2 aromatic rings. The summed E-state index contributed by atoms with van der Waals surface area (Å²) < 4.78 is 1.94. The first-order chi connectivity index (χ1) is 9.65. The molecule has 2 aromatic heterocycles. The van der Waals surface area contributed by atoms with E-state index in [0.717, 1.165) is 22.9 Å². The van der Waals surface area contributed by atoms with Crippen molar-refractivity contribution in [2.75, 3.05) is 5.32 Å². The number of rotatable bonds is 3. The van der Waals surface area contributed by atoms with E-state index in [2.05, 4.69) is 42.2 Å². The maximum absolute atomic E-state index is 4.62. The monoisotopic (exact) mass is 272 g/mol. The van der Waals surface area contributed by atoms with Crippen molar-refractivity contribution in [3.63, 3.8) is 0 Å². The zero-order chi connectivity index (χ0) is 14.1. The number of anilines is 1. The van der Waals surface area contributed by atoms with E-state index < -0.39 is 0 Å². The summed E-state index contributed by atoms with van der Waals surface area (Å²) in [5.41, 5.74) is 2.21. The van der Waals surface area contributed by atoms with Crippen LogP contribution in [0.3, 0.4) is 0 Å². The van der Waals surface area contributed by atoms with Gasteiger partial charge in [0.25, 0.3) is 0 Å². The van der Waals surface area contributed by atoms with E-state index in [4.69, 9.17) is 0 Å². The van der Waals surface area contributed by atoms with Gasteiger partial charge in [0, 0.05) is 18.4 Å². The van der Waals surface area contributed by atoms with Crippen LogP contribution < -0.4 is 5.32 Å². The SMILES string of the molecule is CC(C)c1cc2c(NC3CCCCC3C)nccn2n1. The van der Waals surface area contributed by atoms with Crippen molar-refractivity contribution in [2.24, 2.45) is 5.92 Å². The second-order valence-electron chi connectivity index (χ2n) is 6.34. The lowest BCUT2D eigenvalue weighted by Gasteiger charge is -2.30. The molecule has 0 bridgehead atoms. The Kier molecular flexibility index (Phi) is 3.64. The number of fused-ring (bicyclic) bond motifs is 1. The fraction of sp³-hybridized carbons (Fsp3) is 0.625. The third-order valence-corrected chi connectivity index (χ3v) is 4.43. The maximum atomic E-state index is 4.62. The molecular formula is C16H24N4. The molecule has 3 rings (SSSR count). The lowest BCUT2D eigenvalue weighted by molar-refractivity contribution is 0.349. The zero-order valence-electron chi connectivity index (χ0n) is 12.6. The van der Waals surface area contributed by atoms with Gasteiger partial charge in [-0.05, 0) is 30.7 Å². The number of nitrogens with zero attached hydrogens (tertiary/aromatic N) is 3. The standard InChI is InChI=1S/C16H24N4/c1-11(2)14-10-15-16(17-8-9-20(15)19-14)18-13-7-5-4-6-12(13)3/h8-13H,4-7H2,1-3H3,(H,17,18). The Morgan fingerprint density at radius 3 is 2.85 bits per heavy atom. The maximum Gasteiger partial charge on any atom is 0.152 e. The first-order valence-corrected chi connectivity index (χ1v) is 7.76. The van der Waals surface area contributed by atoms with Gasteiger partial charge >= 0.3 is 0 Å². The summed E-state index contributed by atoms with van der Waals surface area (Å²) >= 11 is 0. The molecule has 20 heavy (non-hydrogen) atoms. The van der Waals surface area contributed by atoms with Gasteiger partial charge in [0.1, 0.15) is 5.52 Å². The van der Waals surface area contributed by atoms with E-state index in [1.165, 1.54) is 25.7 Å². The summed E-state index contributed by atoms with van der Waals surface area (Å²) in [5.74, 6) is 2.14. The summed E-state index contributed by atoms with van der Waals surface area (Å²) in [7, 11) is 0. The second-order valence-corrected chi connectivity index (χ2v) is 6.34. The molecule has 2 heterocycles. The van der Waals surface area contributed by atoms with Gasteiger partial charge in [-0.25, -0.2) is 9.50 Å². The minimum absolute atomic E-state index is 0.441. The van der Waals surface area contributed by atoms with Crippen molar-refractivity contribution in [2.45, 2.75) is 58.4 Å². The van der Waals surface area contributed by atoms with Crippen molar-refractivity contribution in [3.8, 4) is 0 Å². The third kappa shape index (κ3) is 2.51. The predicted molar refractivity (Wildman–Crippen MR) is 82.1 cm³/mol. The highest BCUT2D eigenvalue weighted by Crippen LogP contribution is 2.28. The van der Waals surface area contributed by atoms with Crippen molar-refractivity contribution in [1.82, 2.24) is 14.6 Å². The molecular weight excluding hydrogens is 248 g/mol. The minimum Gasteiger partial charge on any atom is -0.365 e. The highest BCUT2D eigenvalue weighted by molar-refractivity contribution is 5.68. The van der Waals surface area contributed by atoms with Crippen molar-refractivity contribution < 1.29 is 0 Å². The average molecular weight is 272 g/mol. The number of aromatic nitrogens is 3. The quantitative estimate of drug-likeness (QED) is 0.923. The van der Waals surface area contributed by atoms with Crippen LogP contribution in [0, 0.1) is 5.92 Å². The summed E-state index contributed by atoms with van der Waals surface area (Å²) in [6.45, 7) is 6.68. The summed E-state index contributed by atoms with van der Waals surface area (Å²) in [4.78, 5) is 4.54. The van der Waals surface area contributed by atoms with Gasteiger partial charge in [-0.15, -0.1) is 0 Å². The fourth-order valence-electron chi connectivity index (χ4n) is 3.04. The molecule has 1 N–H and O–H groups in total. The smallest absolute Gasteiger partial charge is 0.152 e. The first-order valence-electron chi connectivity index (χ1n) is 7.76. The molecule has 4 nitrogen and oxygen atoms in total. The second kappa shape index (κ2) is 5.43. The molecule has 1 saturated carbocycles. The van der Waals surface area contributed by atoms with E-state index in [9.17, 15) is 0 Å². The molecule has 1 aliphatic rings. The lowest BCUT2D eigenvalue weighted by atomic mass is 9.86. The van der Waals surface area contributed by atoms with E-state index in [0.29, 0.717) is 12.0 Å². The molecule has 0 aliphatic heterocycles. The van der Waals surface area contributed by atoms with Crippen LogP contribution in [-0.2, 0) is 0 Å². The topological polar surface area (TPSA) is 42.2 Å². The van der Waals surface area contributed by atoms with Gasteiger partial charge in [0.05, 0.1) is 5.69 Å². The molecule has 0 saturated heterocycles. The van der Waals surface area contributed by atoms with Gasteiger partial charge < -0.3 is 5.32 Å². The Morgan fingerprint density at radius 2 is 2.10 bits per heavy atom. The van der Waals surface area contributed by atoms with Gasteiger partial charge in [-0.1, -0.05) is 33.6 Å². The first kappa shape index (κ1) is 13.4. The molecule has 0 radical (unpaired) electrons. The van der Waals surface area contributed by atoms with Crippen LogP contribution in [0.1, 0.15) is 58.1 Å². The Bertz CT molecular complexity index is 587. The van der Waals surface area contributed by atoms with Crippen molar-refractivity contribution in [3.05, 3.63) is 24.2 Å². The molecule has 2 unspecified atom stereocenters. The van der Waals surface area contributed by atoms with E-state index in [1.807, 2.05) is 16.9 Å². The Morgan fingerprint density at radius 1 is 1.30 bits per heavy atom. The van der Waals surface area contributed by atoms with Crippen LogP contribution in [0.5, 0.6) is 0 Å². The van der Waals surface area contributed by atoms with Crippen LogP contribution in [-0.4, -0.2) is 20.6 Å². The van der Waals surface area contributed by atoms with Crippen molar-refractivity contribution >= 4 is 11.3 Å². The fourth-order valence-corrected chi connectivity index (χ4v) is 3.04. The summed E-state index contributed by atoms with van der Waals surface area (Å²) in [5, 5.41) is 8.28. The molecule has 0 aromatic carbocycles. The molecule has 0 spiro atoms. The highest BCUT2D eigenvalue weighted by atomic mass is 15.2. The molecule has 4 heteroatoms. The van der Waals surface area contributed by atoms with Gasteiger partial charge in [0.2, 0.25) is 0 Å². The van der Waals surface area contributed by atoms with Crippen LogP contribution in [0.2, 0.25) is 0 Å².